The summed E-state index contributed by atoms with van der Waals surface area (Å²) in [7, 11) is 0. The van der Waals surface area contributed by atoms with Crippen molar-refractivity contribution in [2.24, 2.45) is 5.92 Å². The Bertz CT molecular complexity index is 406. The lowest BCUT2D eigenvalue weighted by atomic mass is 9.94. The van der Waals surface area contributed by atoms with E-state index in [1.54, 1.807) is 0 Å². The van der Waals surface area contributed by atoms with Crippen LogP contribution in [0.3, 0.4) is 0 Å². The molecule has 0 radical (unpaired) electrons. The molecule has 2 atom stereocenters. The van der Waals surface area contributed by atoms with Gasteiger partial charge in [-0.1, -0.05) is 26.2 Å². The van der Waals surface area contributed by atoms with Crippen molar-refractivity contribution in [1.29, 1.82) is 0 Å². The largest absolute Gasteiger partial charge is 0.311 e. The molecule has 1 saturated carbocycles. The molecule has 2 unspecified atom stereocenters. The van der Waals surface area contributed by atoms with E-state index < -0.39 is 0 Å². The minimum absolute atomic E-state index is 0.410. The van der Waals surface area contributed by atoms with Crippen molar-refractivity contribution in [3.05, 3.63) is 11.6 Å². The van der Waals surface area contributed by atoms with Crippen molar-refractivity contribution < 1.29 is 0 Å². The van der Waals surface area contributed by atoms with Gasteiger partial charge in [-0.2, -0.15) is 0 Å². The van der Waals surface area contributed by atoms with Crippen LogP contribution in [0.1, 0.15) is 69.2 Å². The molecular formula is C14H24N4. The molecule has 0 bridgehead atoms. The average Bonchev–Trinajstić information content (AvgIpc) is 2.96. The first-order chi connectivity index (χ1) is 8.77. The monoisotopic (exact) mass is 248 g/mol. The second-order valence-electron chi connectivity index (χ2n) is 5.97. The van der Waals surface area contributed by atoms with Gasteiger partial charge in [-0.15, -0.1) is 10.2 Å². The molecule has 1 aliphatic heterocycles. The van der Waals surface area contributed by atoms with Crippen molar-refractivity contribution in [3.8, 4) is 0 Å². The summed E-state index contributed by atoms with van der Waals surface area (Å²) in [6.45, 7) is 5.53. The van der Waals surface area contributed by atoms with Gasteiger partial charge in [0.1, 0.15) is 5.82 Å². The second kappa shape index (κ2) is 5.00. The normalized spacial score (nSPS) is 29.9. The molecule has 0 amide bonds. The van der Waals surface area contributed by atoms with Crippen molar-refractivity contribution >= 4 is 0 Å². The summed E-state index contributed by atoms with van der Waals surface area (Å²) in [4.78, 5) is 0. The van der Waals surface area contributed by atoms with E-state index in [0.29, 0.717) is 18.0 Å². The van der Waals surface area contributed by atoms with Crippen LogP contribution in [-0.4, -0.2) is 21.3 Å². The fourth-order valence-corrected chi connectivity index (χ4v) is 3.57. The first-order valence-corrected chi connectivity index (χ1v) is 7.42. The van der Waals surface area contributed by atoms with Gasteiger partial charge in [0.05, 0.1) is 6.04 Å². The Labute approximate surface area is 109 Å². The van der Waals surface area contributed by atoms with Crippen molar-refractivity contribution in [1.82, 2.24) is 20.1 Å². The summed E-state index contributed by atoms with van der Waals surface area (Å²) in [5.74, 6) is 2.96. The Hall–Kier alpha value is -0.900. The zero-order valence-electron chi connectivity index (χ0n) is 11.5. The van der Waals surface area contributed by atoms with Crippen LogP contribution < -0.4 is 5.32 Å². The zero-order valence-corrected chi connectivity index (χ0v) is 11.5. The molecule has 3 rings (SSSR count). The smallest absolute Gasteiger partial charge is 0.150 e. The maximum absolute atomic E-state index is 4.47. The molecule has 2 fully saturated rings. The Morgan fingerprint density at radius 2 is 1.89 bits per heavy atom. The summed E-state index contributed by atoms with van der Waals surface area (Å²) in [5.41, 5.74) is 0. The lowest BCUT2D eigenvalue weighted by Crippen LogP contribution is -2.25. The number of nitrogens with zero attached hydrogens (tertiary/aromatic N) is 3. The summed E-state index contributed by atoms with van der Waals surface area (Å²) in [6, 6.07) is 1.05. The Morgan fingerprint density at radius 3 is 2.56 bits per heavy atom. The fourth-order valence-electron chi connectivity index (χ4n) is 3.57. The van der Waals surface area contributed by atoms with Gasteiger partial charge in [0.15, 0.2) is 5.82 Å². The molecule has 4 nitrogen and oxygen atoms in total. The van der Waals surface area contributed by atoms with Crippen LogP contribution in [0.4, 0.5) is 0 Å². The summed E-state index contributed by atoms with van der Waals surface area (Å²) in [6.07, 6.45) is 7.96. The highest BCUT2D eigenvalue weighted by molar-refractivity contribution is 5.06. The summed E-state index contributed by atoms with van der Waals surface area (Å²) < 4.78 is 2.43. The Balaban J connectivity index is 1.90. The van der Waals surface area contributed by atoms with Gasteiger partial charge in [0.2, 0.25) is 0 Å². The third-order valence-electron chi connectivity index (χ3n) is 4.64. The number of hydrogen-bond acceptors (Lipinski definition) is 3. The van der Waals surface area contributed by atoms with Crippen LogP contribution in [0.15, 0.2) is 0 Å². The van der Waals surface area contributed by atoms with Crippen LogP contribution >= 0.6 is 0 Å². The number of aromatic nitrogens is 3. The van der Waals surface area contributed by atoms with Gasteiger partial charge in [0, 0.05) is 6.04 Å². The molecule has 18 heavy (non-hydrogen) atoms. The van der Waals surface area contributed by atoms with E-state index in [2.05, 4.69) is 33.9 Å². The van der Waals surface area contributed by atoms with E-state index in [0.717, 1.165) is 12.4 Å². The highest BCUT2D eigenvalue weighted by atomic mass is 15.3. The van der Waals surface area contributed by atoms with Crippen molar-refractivity contribution in [3.63, 3.8) is 0 Å². The van der Waals surface area contributed by atoms with Gasteiger partial charge in [-0.25, -0.2) is 0 Å². The summed E-state index contributed by atoms with van der Waals surface area (Å²) >= 11 is 0. The molecule has 2 heterocycles. The average molecular weight is 248 g/mol. The van der Waals surface area contributed by atoms with Crippen LogP contribution in [-0.2, 0) is 0 Å². The molecule has 4 heteroatoms. The Kier molecular flexibility index (Phi) is 3.37. The van der Waals surface area contributed by atoms with Crippen LogP contribution in [0.25, 0.3) is 0 Å². The van der Waals surface area contributed by atoms with E-state index in [4.69, 9.17) is 0 Å². The number of rotatable bonds is 2. The topological polar surface area (TPSA) is 42.7 Å². The van der Waals surface area contributed by atoms with E-state index >= 15 is 0 Å². The third-order valence-corrected chi connectivity index (χ3v) is 4.64. The SMILES string of the molecule is Cc1nnc(C2NCCC2C)n1C1CCCCC1. The van der Waals surface area contributed by atoms with Gasteiger partial charge in [-0.05, 0) is 38.6 Å². The van der Waals surface area contributed by atoms with Gasteiger partial charge >= 0.3 is 0 Å². The molecule has 100 valence electrons. The van der Waals surface area contributed by atoms with Crippen LogP contribution in [0.5, 0.6) is 0 Å². The maximum Gasteiger partial charge on any atom is 0.150 e. The molecule has 1 saturated heterocycles. The molecular weight excluding hydrogens is 224 g/mol. The summed E-state index contributed by atoms with van der Waals surface area (Å²) in [5, 5.41) is 12.4. The maximum atomic E-state index is 4.47. The van der Waals surface area contributed by atoms with Crippen molar-refractivity contribution in [2.75, 3.05) is 6.54 Å². The fraction of sp³-hybridized carbons (Fsp3) is 0.857. The lowest BCUT2D eigenvalue weighted by molar-refractivity contribution is 0.325. The van der Waals surface area contributed by atoms with Gasteiger partial charge < -0.3 is 9.88 Å². The Morgan fingerprint density at radius 1 is 1.11 bits per heavy atom. The molecule has 0 spiro atoms. The minimum atomic E-state index is 0.410. The van der Waals surface area contributed by atoms with E-state index in [1.807, 2.05) is 0 Å². The quantitative estimate of drug-likeness (QED) is 0.875. The highest BCUT2D eigenvalue weighted by Crippen LogP contribution is 2.34. The number of nitrogens with one attached hydrogen (secondary N) is 1. The second-order valence-corrected chi connectivity index (χ2v) is 5.97. The first-order valence-electron chi connectivity index (χ1n) is 7.42. The molecule has 0 aromatic carbocycles. The van der Waals surface area contributed by atoms with Crippen LogP contribution in [0, 0.1) is 12.8 Å². The first kappa shape index (κ1) is 12.2. The van der Waals surface area contributed by atoms with E-state index in [-0.39, 0.29) is 0 Å². The zero-order chi connectivity index (χ0) is 12.5. The van der Waals surface area contributed by atoms with Crippen LogP contribution in [0.2, 0.25) is 0 Å². The molecule has 1 aromatic heterocycles. The predicted molar refractivity (Wildman–Crippen MR) is 71.4 cm³/mol. The molecule has 1 aromatic rings. The molecule has 2 aliphatic rings. The minimum Gasteiger partial charge on any atom is -0.311 e. The number of hydrogen-bond donors (Lipinski definition) is 1. The standard InChI is InChI=1S/C14H24N4/c1-10-8-9-15-13(10)14-17-16-11(2)18(14)12-6-4-3-5-7-12/h10,12-13,15H,3-9H2,1-2H3. The van der Waals surface area contributed by atoms with E-state index in [1.165, 1.54) is 44.3 Å². The lowest BCUT2D eigenvalue weighted by Gasteiger charge is -2.27. The van der Waals surface area contributed by atoms with Gasteiger partial charge in [-0.3, -0.25) is 0 Å². The third kappa shape index (κ3) is 2.07. The van der Waals surface area contributed by atoms with Gasteiger partial charge in [0.25, 0.3) is 0 Å². The van der Waals surface area contributed by atoms with Crippen molar-refractivity contribution in [2.45, 2.75) is 64.5 Å². The van der Waals surface area contributed by atoms with E-state index in [9.17, 15) is 0 Å². The number of aryl methyl sites for hydroxylation is 1. The predicted octanol–water partition coefficient (Wildman–Crippen LogP) is 2.76. The highest BCUT2D eigenvalue weighted by Gasteiger charge is 2.31. The molecule has 1 aliphatic carbocycles. The molecule has 1 N–H and O–H groups in total.